The van der Waals surface area contributed by atoms with Crippen LogP contribution < -0.4 is 10.6 Å². The molecule has 0 aliphatic rings. The molecule has 104 valence electrons. The molecule has 3 N–H and O–H groups in total. The second kappa shape index (κ2) is 7.98. The molecule has 2 amide bonds. The first-order chi connectivity index (χ1) is 8.97. The summed E-state index contributed by atoms with van der Waals surface area (Å²) in [4.78, 5) is 22.0. The molecule has 5 nitrogen and oxygen atoms in total. The maximum absolute atomic E-state index is 11.6. The van der Waals surface area contributed by atoms with Crippen molar-refractivity contribution in [1.29, 1.82) is 0 Å². The van der Waals surface area contributed by atoms with Gasteiger partial charge in [0.25, 0.3) is 0 Å². The number of urea groups is 1. The van der Waals surface area contributed by atoms with Crippen molar-refractivity contribution < 1.29 is 14.7 Å². The lowest BCUT2D eigenvalue weighted by atomic mass is 10.1. The minimum atomic E-state index is -0.810. The zero-order valence-electron chi connectivity index (χ0n) is 10.6. The molecule has 0 heterocycles. The van der Waals surface area contributed by atoms with E-state index in [-0.39, 0.29) is 18.4 Å². The number of rotatable bonds is 6. The van der Waals surface area contributed by atoms with E-state index in [9.17, 15) is 9.59 Å². The standard InChI is InChI=1S/C13H17IN2O3/c1-9(5-6-12(17)18)8-15-13(19)16-11-4-2-3-10(14)7-11/h2-4,7,9H,5-6,8H2,1H3,(H,17,18)(H2,15,16,19). The van der Waals surface area contributed by atoms with E-state index in [0.29, 0.717) is 13.0 Å². The van der Waals surface area contributed by atoms with Gasteiger partial charge in [0.1, 0.15) is 0 Å². The summed E-state index contributed by atoms with van der Waals surface area (Å²) in [6, 6.07) is 7.22. The molecular weight excluding hydrogens is 359 g/mol. The van der Waals surface area contributed by atoms with E-state index < -0.39 is 5.97 Å². The van der Waals surface area contributed by atoms with Crippen molar-refractivity contribution in [1.82, 2.24) is 5.32 Å². The summed E-state index contributed by atoms with van der Waals surface area (Å²) < 4.78 is 1.05. The third kappa shape index (κ3) is 7.00. The van der Waals surface area contributed by atoms with Gasteiger partial charge in [-0.05, 0) is 53.1 Å². The zero-order chi connectivity index (χ0) is 14.3. The van der Waals surface area contributed by atoms with Crippen molar-refractivity contribution in [3.8, 4) is 0 Å². The predicted molar refractivity (Wildman–Crippen MR) is 82.2 cm³/mol. The van der Waals surface area contributed by atoms with Crippen LogP contribution in [-0.4, -0.2) is 23.7 Å². The monoisotopic (exact) mass is 376 g/mol. The lowest BCUT2D eigenvalue weighted by Crippen LogP contribution is -2.32. The first-order valence-corrected chi connectivity index (χ1v) is 7.07. The number of carboxylic acid groups (broad SMARTS) is 1. The summed E-state index contributed by atoms with van der Waals surface area (Å²) in [7, 11) is 0. The number of carbonyl (C=O) groups excluding carboxylic acids is 1. The van der Waals surface area contributed by atoms with E-state index in [1.165, 1.54) is 0 Å². The van der Waals surface area contributed by atoms with E-state index in [1.807, 2.05) is 31.2 Å². The van der Waals surface area contributed by atoms with Crippen molar-refractivity contribution in [2.24, 2.45) is 5.92 Å². The normalized spacial score (nSPS) is 11.7. The number of nitrogens with one attached hydrogen (secondary N) is 2. The Labute approximate surface area is 125 Å². The molecule has 0 aliphatic carbocycles. The number of hydrogen-bond donors (Lipinski definition) is 3. The van der Waals surface area contributed by atoms with Gasteiger partial charge in [0, 0.05) is 22.2 Å². The lowest BCUT2D eigenvalue weighted by molar-refractivity contribution is -0.137. The quantitative estimate of drug-likeness (QED) is 0.668. The molecule has 0 aromatic heterocycles. The molecule has 1 aromatic carbocycles. The first-order valence-electron chi connectivity index (χ1n) is 5.99. The van der Waals surface area contributed by atoms with Gasteiger partial charge in [0.05, 0.1) is 0 Å². The van der Waals surface area contributed by atoms with Gasteiger partial charge < -0.3 is 15.7 Å². The summed E-state index contributed by atoms with van der Waals surface area (Å²) in [5, 5.41) is 14.0. The van der Waals surface area contributed by atoms with Crippen LogP contribution in [0.4, 0.5) is 10.5 Å². The van der Waals surface area contributed by atoms with Crippen LogP contribution in [0.15, 0.2) is 24.3 Å². The number of halogens is 1. The SMILES string of the molecule is CC(CCC(=O)O)CNC(=O)Nc1cccc(I)c1. The van der Waals surface area contributed by atoms with Crippen molar-refractivity contribution in [2.45, 2.75) is 19.8 Å². The number of aliphatic carboxylic acids is 1. The Hall–Kier alpha value is -1.31. The van der Waals surface area contributed by atoms with Gasteiger partial charge in [-0.25, -0.2) is 4.79 Å². The molecule has 1 rings (SSSR count). The maximum atomic E-state index is 11.6. The summed E-state index contributed by atoms with van der Waals surface area (Å²) in [6.07, 6.45) is 0.681. The highest BCUT2D eigenvalue weighted by atomic mass is 127. The van der Waals surface area contributed by atoms with E-state index in [4.69, 9.17) is 5.11 Å². The Morgan fingerprint density at radius 3 is 2.79 bits per heavy atom. The number of anilines is 1. The average Bonchev–Trinajstić information content (AvgIpc) is 2.34. The van der Waals surface area contributed by atoms with Crippen LogP contribution in [0, 0.1) is 9.49 Å². The van der Waals surface area contributed by atoms with Crippen molar-refractivity contribution in [3.05, 3.63) is 27.8 Å². The summed E-state index contributed by atoms with van der Waals surface area (Å²) in [6.45, 7) is 2.37. The molecule has 1 unspecified atom stereocenters. The molecule has 19 heavy (non-hydrogen) atoms. The molecule has 6 heteroatoms. The Bertz CT molecular complexity index is 451. The molecule has 0 radical (unpaired) electrons. The fraction of sp³-hybridized carbons (Fsp3) is 0.385. The highest BCUT2D eigenvalue weighted by Gasteiger charge is 2.07. The maximum Gasteiger partial charge on any atom is 0.319 e. The van der Waals surface area contributed by atoms with E-state index in [1.54, 1.807) is 0 Å². The minimum absolute atomic E-state index is 0.126. The second-order valence-corrected chi connectivity index (χ2v) is 5.63. The molecule has 1 aromatic rings. The van der Waals surface area contributed by atoms with E-state index >= 15 is 0 Å². The van der Waals surface area contributed by atoms with Gasteiger partial charge in [0.15, 0.2) is 0 Å². The molecule has 1 atom stereocenters. The van der Waals surface area contributed by atoms with Crippen LogP contribution in [0.25, 0.3) is 0 Å². The Morgan fingerprint density at radius 2 is 2.16 bits per heavy atom. The third-order valence-electron chi connectivity index (χ3n) is 2.54. The number of carbonyl (C=O) groups is 2. The van der Waals surface area contributed by atoms with Crippen LogP contribution in [0.1, 0.15) is 19.8 Å². The Morgan fingerprint density at radius 1 is 1.42 bits per heavy atom. The second-order valence-electron chi connectivity index (χ2n) is 4.38. The van der Waals surface area contributed by atoms with Gasteiger partial charge >= 0.3 is 12.0 Å². The molecule has 0 bridgehead atoms. The Kier molecular flexibility index (Phi) is 6.61. The van der Waals surface area contributed by atoms with E-state index in [2.05, 4.69) is 33.2 Å². The number of benzene rings is 1. The fourth-order valence-corrected chi connectivity index (χ4v) is 2.02. The number of amides is 2. The predicted octanol–water partition coefficient (Wildman–Crippen LogP) is 2.91. The topological polar surface area (TPSA) is 78.4 Å². The van der Waals surface area contributed by atoms with Crippen LogP contribution in [0.3, 0.4) is 0 Å². The van der Waals surface area contributed by atoms with Crippen molar-refractivity contribution in [2.75, 3.05) is 11.9 Å². The lowest BCUT2D eigenvalue weighted by Gasteiger charge is -2.12. The summed E-state index contributed by atoms with van der Waals surface area (Å²) in [5.74, 6) is -0.673. The highest BCUT2D eigenvalue weighted by Crippen LogP contribution is 2.12. The average molecular weight is 376 g/mol. The molecule has 0 aliphatic heterocycles. The van der Waals surface area contributed by atoms with Gasteiger partial charge in [-0.1, -0.05) is 13.0 Å². The van der Waals surface area contributed by atoms with Gasteiger partial charge in [0.2, 0.25) is 0 Å². The molecule has 0 saturated carbocycles. The van der Waals surface area contributed by atoms with Crippen molar-refractivity contribution in [3.63, 3.8) is 0 Å². The molecular formula is C13H17IN2O3. The highest BCUT2D eigenvalue weighted by molar-refractivity contribution is 14.1. The van der Waals surface area contributed by atoms with Crippen LogP contribution in [0.5, 0.6) is 0 Å². The van der Waals surface area contributed by atoms with Crippen LogP contribution >= 0.6 is 22.6 Å². The largest absolute Gasteiger partial charge is 0.481 e. The van der Waals surface area contributed by atoms with Crippen LogP contribution in [-0.2, 0) is 4.79 Å². The summed E-state index contributed by atoms with van der Waals surface area (Å²) >= 11 is 2.17. The minimum Gasteiger partial charge on any atom is -0.481 e. The first kappa shape index (κ1) is 15.7. The van der Waals surface area contributed by atoms with Crippen molar-refractivity contribution >= 4 is 40.3 Å². The van der Waals surface area contributed by atoms with E-state index in [0.717, 1.165) is 9.26 Å². The molecule has 0 spiro atoms. The number of carboxylic acids is 1. The molecule has 0 fully saturated rings. The third-order valence-corrected chi connectivity index (χ3v) is 3.22. The smallest absolute Gasteiger partial charge is 0.319 e. The molecule has 0 saturated heterocycles. The van der Waals surface area contributed by atoms with Crippen LogP contribution in [0.2, 0.25) is 0 Å². The zero-order valence-corrected chi connectivity index (χ0v) is 12.8. The Balaban J connectivity index is 2.30. The summed E-state index contributed by atoms with van der Waals surface area (Å²) in [5.41, 5.74) is 0.739. The fourth-order valence-electron chi connectivity index (χ4n) is 1.48. The van der Waals surface area contributed by atoms with Gasteiger partial charge in [-0.2, -0.15) is 0 Å². The van der Waals surface area contributed by atoms with Gasteiger partial charge in [-0.15, -0.1) is 0 Å². The van der Waals surface area contributed by atoms with Gasteiger partial charge in [-0.3, -0.25) is 4.79 Å². The number of hydrogen-bond acceptors (Lipinski definition) is 2.